The Morgan fingerprint density at radius 3 is 2.29 bits per heavy atom. The van der Waals surface area contributed by atoms with Crippen LogP contribution in [0, 0.1) is 0 Å². The van der Waals surface area contributed by atoms with Gasteiger partial charge in [-0.3, -0.25) is 0 Å². The van der Waals surface area contributed by atoms with Crippen LogP contribution in [-0.4, -0.2) is 12.1 Å². The minimum absolute atomic E-state index is 0.201. The van der Waals surface area contributed by atoms with E-state index in [1.54, 1.807) is 0 Å². The standard InChI is InChI=1S/C22H28N2/c1-15(2)24-22-16(3)20-10-6-5-9-18(20)14-19(23)13-12-17-8-4-7-11-21(17)22/h4-11,15,19,24H,12-14,23H2,1-3H3/b22-16+. The van der Waals surface area contributed by atoms with E-state index in [0.29, 0.717) is 6.04 Å². The minimum atomic E-state index is 0.201. The summed E-state index contributed by atoms with van der Waals surface area (Å²) in [5.41, 5.74) is 14.3. The summed E-state index contributed by atoms with van der Waals surface area (Å²) < 4.78 is 0. The van der Waals surface area contributed by atoms with Gasteiger partial charge in [-0.15, -0.1) is 0 Å². The molecule has 3 rings (SSSR count). The van der Waals surface area contributed by atoms with Gasteiger partial charge in [0, 0.05) is 23.3 Å². The smallest absolute Gasteiger partial charge is 0.0454 e. The molecule has 0 aromatic heterocycles. The molecule has 0 heterocycles. The Balaban J connectivity index is 2.25. The van der Waals surface area contributed by atoms with Crippen molar-refractivity contribution >= 4 is 11.3 Å². The number of nitrogens with two attached hydrogens (primary N) is 1. The normalized spacial score (nSPS) is 21.1. The fourth-order valence-electron chi connectivity index (χ4n) is 3.58. The number of fused-ring (bicyclic) bond motifs is 2. The van der Waals surface area contributed by atoms with E-state index >= 15 is 0 Å². The molecule has 2 heteroatoms. The van der Waals surface area contributed by atoms with Crippen LogP contribution in [0.15, 0.2) is 48.5 Å². The van der Waals surface area contributed by atoms with Gasteiger partial charge in [0.2, 0.25) is 0 Å². The van der Waals surface area contributed by atoms with Gasteiger partial charge in [0.15, 0.2) is 0 Å². The summed E-state index contributed by atoms with van der Waals surface area (Å²) in [6.45, 7) is 6.63. The van der Waals surface area contributed by atoms with Crippen molar-refractivity contribution in [3.63, 3.8) is 0 Å². The highest BCUT2D eigenvalue weighted by molar-refractivity contribution is 5.90. The van der Waals surface area contributed by atoms with Crippen LogP contribution >= 0.6 is 0 Å². The molecule has 24 heavy (non-hydrogen) atoms. The third-order valence-electron chi connectivity index (χ3n) is 4.78. The SMILES string of the molecule is C/C1=C(\NC(C)C)c2ccccc2CCC(N)Cc2ccccc21. The molecule has 126 valence electrons. The third kappa shape index (κ3) is 3.54. The van der Waals surface area contributed by atoms with E-state index in [-0.39, 0.29) is 6.04 Å². The Morgan fingerprint density at radius 1 is 0.958 bits per heavy atom. The maximum Gasteiger partial charge on any atom is 0.0454 e. The van der Waals surface area contributed by atoms with Gasteiger partial charge < -0.3 is 11.1 Å². The van der Waals surface area contributed by atoms with Crippen molar-refractivity contribution in [2.45, 2.75) is 52.1 Å². The van der Waals surface area contributed by atoms with E-state index in [2.05, 4.69) is 74.6 Å². The van der Waals surface area contributed by atoms with Crippen LogP contribution in [0.2, 0.25) is 0 Å². The van der Waals surface area contributed by atoms with Gasteiger partial charge >= 0.3 is 0 Å². The lowest BCUT2D eigenvalue weighted by atomic mass is 9.87. The van der Waals surface area contributed by atoms with Crippen molar-refractivity contribution in [1.82, 2.24) is 5.32 Å². The van der Waals surface area contributed by atoms with Crippen molar-refractivity contribution in [1.29, 1.82) is 0 Å². The van der Waals surface area contributed by atoms with Crippen molar-refractivity contribution < 1.29 is 0 Å². The van der Waals surface area contributed by atoms with Gasteiger partial charge in [-0.1, -0.05) is 48.5 Å². The third-order valence-corrected chi connectivity index (χ3v) is 4.78. The molecule has 2 nitrogen and oxygen atoms in total. The highest BCUT2D eigenvalue weighted by Gasteiger charge is 2.18. The molecule has 1 atom stereocenters. The zero-order chi connectivity index (χ0) is 17.1. The number of benzene rings is 2. The maximum atomic E-state index is 6.43. The summed E-state index contributed by atoms with van der Waals surface area (Å²) in [6, 6.07) is 18.0. The van der Waals surface area contributed by atoms with Crippen LogP contribution in [0.1, 0.15) is 49.4 Å². The quantitative estimate of drug-likeness (QED) is 0.861. The van der Waals surface area contributed by atoms with Crippen LogP contribution in [0.4, 0.5) is 0 Å². The first-order valence-corrected chi connectivity index (χ1v) is 8.96. The van der Waals surface area contributed by atoms with Crippen LogP contribution in [-0.2, 0) is 12.8 Å². The van der Waals surface area contributed by atoms with Gasteiger partial charge in [0.25, 0.3) is 0 Å². The lowest BCUT2D eigenvalue weighted by molar-refractivity contribution is 0.608. The average Bonchev–Trinajstić information content (AvgIpc) is 2.57. The van der Waals surface area contributed by atoms with Crippen molar-refractivity contribution in [2.75, 3.05) is 0 Å². The van der Waals surface area contributed by atoms with Crippen LogP contribution in [0.5, 0.6) is 0 Å². The largest absolute Gasteiger partial charge is 0.382 e. The molecule has 0 bridgehead atoms. The van der Waals surface area contributed by atoms with Crippen LogP contribution in [0.25, 0.3) is 11.3 Å². The Kier molecular flexibility index (Phi) is 5.06. The maximum absolute atomic E-state index is 6.43. The molecule has 1 aliphatic rings. The summed E-state index contributed by atoms with van der Waals surface area (Å²) in [5, 5.41) is 3.70. The number of hydrogen-bond donors (Lipinski definition) is 2. The molecular formula is C22H28N2. The summed E-state index contributed by atoms with van der Waals surface area (Å²) in [6.07, 6.45) is 2.97. The topological polar surface area (TPSA) is 38.0 Å². The number of allylic oxidation sites excluding steroid dienone is 1. The van der Waals surface area contributed by atoms with Crippen LogP contribution < -0.4 is 11.1 Å². The molecule has 3 N–H and O–H groups in total. The van der Waals surface area contributed by atoms with Crippen molar-refractivity contribution in [2.24, 2.45) is 5.73 Å². The van der Waals surface area contributed by atoms with Gasteiger partial charge in [-0.05, 0) is 62.3 Å². The first kappa shape index (κ1) is 16.8. The Labute approximate surface area is 145 Å². The summed E-state index contributed by atoms with van der Waals surface area (Å²) >= 11 is 0. The van der Waals surface area contributed by atoms with E-state index in [9.17, 15) is 0 Å². The molecule has 0 spiro atoms. The van der Waals surface area contributed by atoms with Gasteiger partial charge in [-0.25, -0.2) is 0 Å². The average molecular weight is 320 g/mol. The molecule has 0 saturated heterocycles. The fourth-order valence-corrected chi connectivity index (χ4v) is 3.58. The molecule has 0 fully saturated rings. The monoisotopic (exact) mass is 320 g/mol. The molecule has 0 amide bonds. The Morgan fingerprint density at radius 2 is 1.58 bits per heavy atom. The predicted molar refractivity (Wildman–Crippen MR) is 104 cm³/mol. The number of hydrogen-bond acceptors (Lipinski definition) is 2. The van der Waals surface area contributed by atoms with Crippen molar-refractivity contribution in [3.05, 3.63) is 70.8 Å². The first-order chi connectivity index (χ1) is 11.6. The van der Waals surface area contributed by atoms with E-state index in [1.807, 2.05) is 0 Å². The Hall–Kier alpha value is -2.06. The molecule has 0 radical (unpaired) electrons. The Bertz CT molecular complexity index is 743. The number of rotatable bonds is 2. The van der Waals surface area contributed by atoms with E-state index in [4.69, 9.17) is 5.73 Å². The summed E-state index contributed by atoms with van der Waals surface area (Å²) in [4.78, 5) is 0. The van der Waals surface area contributed by atoms with Crippen LogP contribution in [0.3, 0.4) is 0 Å². The molecule has 2 aromatic rings. The molecule has 1 aliphatic carbocycles. The van der Waals surface area contributed by atoms with Gasteiger partial charge in [0.1, 0.15) is 0 Å². The zero-order valence-corrected chi connectivity index (χ0v) is 15.0. The lowest BCUT2D eigenvalue weighted by Gasteiger charge is -2.25. The number of aryl methyl sites for hydroxylation is 1. The summed E-state index contributed by atoms with van der Waals surface area (Å²) in [5.74, 6) is 0. The molecule has 0 aliphatic heterocycles. The lowest BCUT2D eigenvalue weighted by Crippen LogP contribution is -2.26. The highest BCUT2D eigenvalue weighted by atomic mass is 14.9. The summed E-state index contributed by atoms with van der Waals surface area (Å²) in [7, 11) is 0. The van der Waals surface area contributed by atoms with E-state index < -0.39 is 0 Å². The molecule has 1 unspecified atom stereocenters. The van der Waals surface area contributed by atoms with Gasteiger partial charge in [0.05, 0.1) is 0 Å². The molecule has 2 aromatic carbocycles. The predicted octanol–water partition coefficient (Wildman–Crippen LogP) is 4.39. The second-order valence-electron chi connectivity index (χ2n) is 7.12. The minimum Gasteiger partial charge on any atom is -0.382 e. The van der Waals surface area contributed by atoms with Crippen molar-refractivity contribution in [3.8, 4) is 0 Å². The van der Waals surface area contributed by atoms with E-state index in [0.717, 1.165) is 19.3 Å². The van der Waals surface area contributed by atoms with E-state index in [1.165, 1.54) is 33.5 Å². The number of nitrogens with one attached hydrogen (secondary N) is 1. The zero-order valence-electron chi connectivity index (χ0n) is 15.0. The highest BCUT2D eigenvalue weighted by Crippen LogP contribution is 2.31. The van der Waals surface area contributed by atoms with Gasteiger partial charge in [-0.2, -0.15) is 0 Å². The molecular weight excluding hydrogens is 292 g/mol. The second-order valence-corrected chi connectivity index (χ2v) is 7.12. The first-order valence-electron chi connectivity index (χ1n) is 8.96. The molecule has 0 saturated carbocycles. The second kappa shape index (κ2) is 7.23. The fraction of sp³-hybridized carbons (Fsp3) is 0.364.